The number of allylic oxidation sites excluding steroid dienone is 1. The number of phenols is 1. The van der Waals surface area contributed by atoms with E-state index >= 15 is 0 Å². The molecule has 8 nitrogen and oxygen atoms in total. The summed E-state index contributed by atoms with van der Waals surface area (Å²) < 4.78 is 12.5. The van der Waals surface area contributed by atoms with Gasteiger partial charge in [-0.1, -0.05) is 72.8 Å². The lowest BCUT2D eigenvalue weighted by Crippen LogP contribution is -2.41. The number of aromatic nitrogens is 1. The number of nitrogens with zero attached hydrogens (tertiary/aromatic N) is 2. The molecule has 1 aliphatic heterocycles. The van der Waals surface area contributed by atoms with E-state index in [4.69, 9.17) is 9.47 Å². The molecule has 2 heterocycles. The molecule has 1 amide bonds. The van der Waals surface area contributed by atoms with Crippen LogP contribution in [-0.2, 0) is 16.1 Å². The minimum absolute atomic E-state index is 0.0318. The second-order valence-electron chi connectivity index (χ2n) is 11.9. The lowest BCUT2D eigenvalue weighted by atomic mass is 10.00. The number of ketones is 1. The van der Waals surface area contributed by atoms with Crippen LogP contribution >= 0.6 is 0 Å². The maximum Gasteiger partial charge on any atom is 0.244 e. The van der Waals surface area contributed by atoms with Crippen LogP contribution in [0.1, 0.15) is 46.1 Å². The van der Waals surface area contributed by atoms with Crippen LogP contribution in [0, 0.1) is 0 Å². The van der Waals surface area contributed by atoms with E-state index in [0.29, 0.717) is 29.6 Å². The topological polar surface area (TPSA) is 101 Å². The average molecular weight is 642 g/mol. The molecule has 6 rings (SSSR count). The maximum absolute atomic E-state index is 13.2. The van der Waals surface area contributed by atoms with Gasteiger partial charge in [0, 0.05) is 44.0 Å². The Labute approximate surface area is 280 Å². The van der Waals surface area contributed by atoms with Gasteiger partial charge in [0.25, 0.3) is 0 Å². The van der Waals surface area contributed by atoms with E-state index in [9.17, 15) is 14.7 Å². The fourth-order valence-corrected chi connectivity index (χ4v) is 5.96. The Kier molecular flexibility index (Phi) is 10.9. The molecule has 4 aromatic carbocycles. The summed E-state index contributed by atoms with van der Waals surface area (Å²) in [4.78, 5) is 32.4. The van der Waals surface area contributed by atoms with E-state index in [0.717, 1.165) is 42.8 Å². The van der Waals surface area contributed by atoms with Crippen LogP contribution in [-0.4, -0.2) is 59.0 Å². The Balaban J connectivity index is 0.982. The van der Waals surface area contributed by atoms with Gasteiger partial charge in [0.2, 0.25) is 5.91 Å². The van der Waals surface area contributed by atoms with E-state index in [1.807, 2.05) is 54.6 Å². The quantitative estimate of drug-likeness (QED) is 0.110. The lowest BCUT2D eigenvalue weighted by molar-refractivity contribution is -0.116. The molecule has 1 aromatic heterocycles. The SMILES string of the molecule is O=C(C=CC(=O)c1cc(O)cc2ccc(OCc3ccccn3)cc12)NCCN1CCC(OC(c2ccccc2)c2ccccc2)CC1. The first-order valence-corrected chi connectivity index (χ1v) is 16.3. The van der Waals surface area contributed by atoms with Gasteiger partial charge in [-0.3, -0.25) is 14.6 Å². The van der Waals surface area contributed by atoms with Crippen LogP contribution < -0.4 is 10.1 Å². The number of ether oxygens (including phenoxy) is 2. The molecule has 0 spiro atoms. The van der Waals surface area contributed by atoms with Gasteiger partial charge in [0.1, 0.15) is 24.2 Å². The number of hydrogen-bond donors (Lipinski definition) is 2. The van der Waals surface area contributed by atoms with Gasteiger partial charge in [-0.05, 0) is 77.2 Å². The van der Waals surface area contributed by atoms with Crippen LogP contribution in [0.3, 0.4) is 0 Å². The first-order chi connectivity index (χ1) is 23.5. The Morgan fingerprint density at radius 1 is 0.875 bits per heavy atom. The summed E-state index contributed by atoms with van der Waals surface area (Å²) in [5, 5.41) is 14.4. The predicted molar refractivity (Wildman–Crippen MR) is 186 cm³/mol. The van der Waals surface area contributed by atoms with Crippen LogP contribution in [0.5, 0.6) is 11.5 Å². The third-order valence-electron chi connectivity index (χ3n) is 8.47. The van der Waals surface area contributed by atoms with Crippen molar-refractivity contribution < 1.29 is 24.2 Å². The van der Waals surface area contributed by atoms with Crippen LogP contribution in [0.25, 0.3) is 10.8 Å². The first kappa shape index (κ1) is 32.6. The molecule has 0 unspecified atom stereocenters. The van der Waals surface area contributed by atoms with E-state index in [1.54, 1.807) is 30.5 Å². The molecule has 5 aromatic rings. The smallest absolute Gasteiger partial charge is 0.244 e. The summed E-state index contributed by atoms with van der Waals surface area (Å²) in [6.45, 7) is 3.21. The van der Waals surface area contributed by atoms with Crippen molar-refractivity contribution in [2.75, 3.05) is 26.2 Å². The Morgan fingerprint density at radius 2 is 1.58 bits per heavy atom. The molecule has 0 bridgehead atoms. The van der Waals surface area contributed by atoms with Crippen molar-refractivity contribution >= 4 is 22.5 Å². The number of piperidine rings is 1. The highest BCUT2D eigenvalue weighted by Gasteiger charge is 2.24. The summed E-state index contributed by atoms with van der Waals surface area (Å²) in [6, 6.07) is 34.6. The predicted octanol–water partition coefficient (Wildman–Crippen LogP) is 6.65. The van der Waals surface area contributed by atoms with Gasteiger partial charge < -0.3 is 24.8 Å². The minimum Gasteiger partial charge on any atom is -0.508 e. The summed E-state index contributed by atoms with van der Waals surface area (Å²) in [5.74, 6) is -0.202. The molecular formula is C40H39N3O5. The zero-order valence-corrected chi connectivity index (χ0v) is 26.7. The monoisotopic (exact) mass is 641 g/mol. The maximum atomic E-state index is 13.2. The van der Waals surface area contributed by atoms with Gasteiger partial charge in [-0.25, -0.2) is 0 Å². The number of phenolic OH excluding ortho intramolecular Hbond substituents is 1. The van der Waals surface area contributed by atoms with Crippen molar-refractivity contribution in [3.63, 3.8) is 0 Å². The lowest BCUT2D eigenvalue weighted by Gasteiger charge is -2.34. The van der Waals surface area contributed by atoms with E-state index in [2.05, 4.69) is 39.5 Å². The highest BCUT2D eigenvalue weighted by molar-refractivity contribution is 6.15. The molecule has 8 heteroatoms. The highest BCUT2D eigenvalue weighted by atomic mass is 16.5. The zero-order valence-electron chi connectivity index (χ0n) is 26.7. The molecule has 48 heavy (non-hydrogen) atoms. The number of carbonyl (C=O) groups is 2. The molecular weight excluding hydrogens is 602 g/mol. The number of pyridine rings is 1. The van der Waals surface area contributed by atoms with Gasteiger partial charge in [-0.15, -0.1) is 0 Å². The standard InChI is InChI=1S/C40H39N3O5/c44-33-25-31-14-15-35(47-28-32-13-7-8-20-41-32)27-36(31)37(26-33)38(45)16-17-39(46)42-21-24-43-22-18-34(19-23-43)48-40(29-9-3-1-4-10-29)30-11-5-2-6-12-30/h1-17,20,25-27,34,40,44H,18-19,21-24,28H2,(H,42,46). The third-order valence-corrected chi connectivity index (χ3v) is 8.47. The van der Waals surface area contributed by atoms with Crippen LogP contribution in [0.15, 0.2) is 128 Å². The third kappa shape index (κ3) is 8.73. The molecule has 0 atom stereocenters. The molecule has 2 N–H and O–H groups in total. The second-order valence-corrected chi connectivity index (χ2v) is 11.9. The van der Waals surface area contributed by atoms with Crippen molar-refractivity contribution in [2.45, 2.75) is 31.7 Å². The number of benzene rings is 4. The van der Waals surface area contributed by atoms with Gasteiger partial charge in [0.05, 0.1) is 11.8 Å². The summed E-state index contributed by atoms with van der Waals surface area (Å²) in [5.41, 5.74) is 3.35. The number of likely N-dealkylation sites (tertiary alicyclic amines) is 1. The Bertz CT molecular complexity index is 1800. The van der Waals surface area contributed by atoms with Gasteiger partial charge in [-0.2, -0.15) is 0 Å². The van der Waals surface area contributed by atoms with Crippen molar-refractivity contribution in [2.24, 2.45) is 0 Å². The molecule has 0 aliphatic carbocycles. The summed E-state index contributed by atoms with van der Waals surface area (Å²) in [7, 11) is 0. The van der Waals surface area contributed by atoms with Crippen molar-refractivity contribution in [3.8, 4) is 11.5 Å². The second kappa shape index (κ2) is 16.0. The largest absolute Gasteiger partial charge is 0.508 e. The van der Waals surface area contributed by atoms with Crippen molar-refractivity contribution in [1.29, 1.82) is 0 Å². The number of carbonyl (C=O) groups excluding carboxylic acids is 2. The molecule has 244 valence electrons. The molecule has 0 saturated carbocycles. The zero-order chi connectivity index (χ0) is 33.1. The van der Waals surface area contributed by atoms with Crippen molar-refractivity contribution in [1.82, 2.24) is 15.2 Å². The van der Waals surface area contributed by atoms with Crippen LogP contribution in [0.4, 0.5) is 0 Å². The Hall–Kier alpha value is -5.31. The average Bonchev–Trinajstić information content (AvgIpc) is 3.13. The van der Waals surface area contributed by atoms with E-state index < -0.39 is 0 Å². The number of hydrogen-bond acceptors (Lipinski definition) is 7. The fourth-order valence-electron chi connectivity index (χ4n) is 5.96. The number of rotatable bonds is 13. The minimum atomic E-state index is -0.390. The first-order valence-electron chi connectivity index (χ1n) is 16.3. The molecule has 1 fully saturated rings. The summed E-state index contributed by atoms with van der Waals surface area (Å²) in [6.07, 6.45) is 6.04. The summed E-state index contributed by atoms with van der Waals surface area (Å²) >= 11 is 0. The van der Waals surface area contributed by atoms with Crippen LogP contribution in [0.2, 0.25) is 0 Å². The normalized spacial score (nSPS) is 14.0. The van der Waals surface area contributed by atoms with Gasteiger partial charge in [0.15, 0.2) is 5.78 Å². The highest BCUT2D eigenvalue weighted by Crippen LogP contribution is 2.31. The number of nitrogens with one attached hydrogen (secondary N) is 1. The molecule has 0 radical (unpaired) electrons. The van der Waals surface area contributed by atoms with Crippen molar-refractivity contribution in [3.05, 3.63) is 150 Å². The molecule has 1 saturated heterocycles. The number of aromatic hydroxyl groups is 1. The number of amides is 1. The molecule has 1 aliphatic rings. The Morgan fingerprint density at radius 3 is 2.27 bits per heavy atom. The number of fused-ring (bicyclic) bond motifs is 1. The van der Waals surface area contributed by atoms with E-state index in [1.165, 1.54) is 18.2 Å². The fraction of sp³-hybridized carbons (Fsp3) is 0.225. The van der Waals surface area contributed by atoms with E-state index in [-0.39, 0.29) is 41.8 Å². The van der Waals surface area contributed by atoms with Gasteiger partial charge >= 0.3 is 0 Å².